The van der Waals surface area contributed by atoms with Gasteiger partial charge in [0.25, 0.3) is 0 Å². The lowest BCUT2D eigenvalue weighted by Gasteiger charge is -2.21. The van der Waals surface area contributed by atoms with Gasteiger partial charge in [-0.2, -0.15) is 0 Å². The third-order valence-corrected chi connectivity index (χ3v) is 1.96. The van der Waals surface area contributed by atoms with Crippen LogP contribution in [0.15, 0.2) is 0 Å². The molecule has 0 aromatic heterocycles. The van der Waals surface area contributed by atoms with E-state index in [-0.39, 0.29) is 6.29 Å². The smallest absolute Gasteiger partial charge is 0.158 e. The van der Waals surface area contributed by atoms with Crippen molar-refractivity contribution in [3.05, 3.63) is 0 Å². The van der Waals surface area contributed by atoms with E-state index in [0.717, 1.165) is 19.4 Å². The van der Waals surface area contributed by atoms with E-state index in [1.54, 1.807) is 0 Å². The molecule has 0 radical (unpaired) electrons. The van der Waals surface area contributed by atoms with Crippen molar-refractivity contribution in [1.82, 2.24) is 0 Å². The summed E-state index contributed by atoms with van der Waals surface area (Å²) < 4.78 is 15.8. The highest BCUT2D eigenvalue weighted by atomic mass is 16.7. The molecule has 0 N–H and O–H groups in total. The van der Waals surface area contributed by atoms with Gasteiger partial charge >= 0.3 is 0 Å². The van der Waals surface area contributed by atoms with Crippen LogP contribution in [0.25, 0.3) is 0 Å². The third kappa shape index (κ3) is 6.14. The summed E-state index contributed by atoms with van der Waals surface area (Å²) in [4.78, 5) is 0. The van der Waals surface area contributed by atoms with Crippen molar-refractivity contribution in [2.45, 2.75) is 25.6 Å². The fourth-order valence-corrected chi connectivity index (χ4v) is 1.24. The molecular formula is C12H16O3. The molecule has 1 heterocycles. The van der Waals surface area contributed by atoms with Gasteiger partial charge in [0.15, 0.2) is 6.29 Å². The molecule has 0 spiro atoms. The van der Waals surface area contributed by atoms with E-state index in [0.29, 0.717) is 19.8 Å². The first kappa shape index (κ1) is 12.1. The summed E-state index contributed by atoms with van der Waals surface area (Å²) in [6, 6.07) is 0. The molecule has 1 aliphatic rings. The van der Waals surface area contributed by atoms with Crippen LogP contribution in [0.5, 0.6) is 0 Å². The summed E-state index contributed by atoms with van der Waals surface area (Å²) in [5.41, 5.74) is 0. The molecule has 1 unspecified atom stereocenters. The van der Waals surface area contributed by atoms with E-state index < -0.39 is 0 Å². The first-order chi connectivity index (χ1) is 7.43. The van der Waals surface area contributed by atoms with Crippen molar-refractivity contribution in [2.24, 2.45) is 0 Å². The van der Waals surface area contributed by atoms with Crippen LogP contribution in [0.3, 0.4) is 0 Å². The molecule has 0 aromatic rings. The van der Waals surface area contributed by atoms with Gasteiger partial charge in [0, 0.05) is 6.61 Å². The number of rotatable bonds is 4. The Kier molecular flexibility index (Phi) is 6.70. The molecule has 0 aliphatic carbocycles. The minimum Gasteiger partial charge on any atom is -0.356 e. The molecule has 82 valence electrons. The molecule has 0 bridgehead atoms. The number of ether oxygens (including phenoxy) is 3. The summed E-state index contributed by atoms with van der Waals surface area (Å²) in [6.45, 7) is 1.85. The molecule has 1 fully saturated rings. The van der Waals surface area contributed by atoms with E-state index in [1.807, 2.05) is 0 Å². The van der Waals surface area contributed by atoms with Crippen LogP contribution in [-0.4, -0.2) is 32.7 Å². The van der Waals surface area contributed by atoms with Gasteiger partial charge in [0.05, 0.1) is 0 Å². The van der Waals surface area contributed by atoms with Crippen molar-refractivity contribution in [1.29, 1.82) is 0 Å². The average Bonchev–Trinajstić information content (AvgIpc) is 2.29. The summed E-state index contributed by atoms with van der Waals surface area (Å²) in [5, 5.41) is 0. The Labute approximate surface area is 91.1 Å². The van der Waals surface area contributed by atoms with Crippen LogP contribution >= 0.6 is 0 Å². The molecule has 1 aliphatic heterocycles. The molecule has 1 saturated heterocycles. The highest BCUT2D eigenvalue weighted by Crippen LogP contribution is 2.12. The Morgan fingerprint density at radius 1 is 1.20 bits per heavy atom. The fraction of sp³-hybridized carbons (Fsp3) is 0.667. The predicted molar refractivity (Wildman–Crippen MR) is 57.0 cm³/mol. The van der Waals surface area contributed by atoms with Gasteiger partial charge in [0.2, 0.25) is 0 Å². The number of hydrogen-bond acceptors (Lipinski definition) is 3. The highest BCUT2D eigenvalue weighted by molar-refractivity contribution is 4.99. The van der Waals surface area contributed by atoms with E-state index in [1.165, 1.54) is 6.42 Å². The second-order valence-corrected chi connectivity index (χ2v) is 3.16. The molecule has 1 rings (SSSR count). The van der Waals surface area contributed by atoms with Crippen LogP contribution in [0.4, 0.5) is 0 Å². The minimum absolute atomic E-state index is 0.0697. The molecule has 0 amide bonds. The normalized spacial score (nSPS) is 20.1. The van der Waals surface area contributed by atoms with Gasteiger partial charge in [-0.15, -0.1) is 6.42 Å². The van der Waals surface area contributed by atoms with Crippen LogP contribution in [0.2, 0.25) is 0 Å². The first-order valence-electron chi connectivity index (χ1n) is 5.13. The molecule has 3 nitrogen and oxygen atoms in total. The lowest BCUT2D eigenvalue weighted by molar-refractivity contribution is -0.154. The Balaban J connectivity index is 1.97. The highest BCUT2D eigenvalue weighted by Gasteiger charge is 2.12. The fourth-order valence-electron chi connectivity index (χ4n) is 1.24. The van der Waals surface area contributed by atoms with Crippen molar-refractivity contribution in [3.63, 3.8) is 0 Å². The molecule has 0 aromatic carbocycles. The summed E-state index contributed by atoms with van der Waals surface area (Å²) in [6.07, 6.45) is 8.20. The van der Waals surface area contributed by atoms with Gasteiger partial charge < -0.3 is 14.2 Å². The van der Waals surface area contributed by atoms with Crippen molar-refractivity contribution < 1.29 is 14.2 Å². The Bertz CT molecular complexity index is 250. The quantitative estimate of drug-likeness (QED) is 0.513. The predicted octanol–water partition coefficient (Wildman–Crippen LogP) is 1.18. The number of hydrogen-bond donors (Lipinski definition) is 0. The van der Waals surface area contributed by atoms with Gasteiger partial charge in [0.1, 0.15) is 19.8 Å². The molecule has 0 saturated carbocycles. The van der Waals surface area contributed by atoms with Gasteiger partial charge in [-0.25, -0.2) is 0 Å². The molecule has 1 atom stereocenters. The SMILES string of the molecule is C#CCOCC#CCOC1CCCCO1. The zero-order valence-corrected chi connectivity index (χ0v) is 8.83. The zero-order valence-electron chi connectivity index (χ0n) is 8.83. The average molecular weight is 208 g/mol. The van der Waals surface area contributed by atoms with Crippen molar-refractivity contribution >= 4 is 0 Å². The van der Waals surface area contributed by atoms with E-state index in [9.17, 15) is 0 Å². The standard InChI is InChI=1S/C12H16O3/c1-2-8-13-9-5-6-11-15-12-7-3-4-10-14-12/h1,12H,3-4,7-11H2. The minimum atomic E-state index is -0.0697. The van der Waals surface area contributed by atoms with Gasteiger partial charge in [-0.1, -0.05) is 17.8 Å². The summed E-state index contributed by atoms with van der Waals surface area (Å²) in [5.74, 6) is 8.03. The third-order valence-electron chi connectivity index (χ3n) is 1.96. The number of terminal acetylenes is 1. The van der Waals surface area contributed by atoms with Gasteiger partial charge in [-0.3, -0.25) is 0 Å². The lowest BCUT2D eigenvalue weighted by Crippen LogP contribution is -2.22. The topological polar surface area (TPSA) is 27.7 Å². The summed E-state index contributed by atoms with van der Waals surface area (Å²) in [7, 11) is 0. The maximum atomic E-state index is 5.40. The monoisotopic (exact) mass is 208 g/mol. The maximum absolute atomic E-state index is 5.40. The lowest BCUT2D eigenvalue weighted by atomic mass is 10.2. The Morgan fingerprint density at radius 2 is 2.07 bits per heavy atom. The van der Waals surface area contributed by atoms with Crippen LogP contribution in [-0.2, 0) is 14.2 Å². The van der Waals surface area contributed by atoms with Crippen LogP contribution in [0, 0.1) is 24.2 Å². The Morgan fingerprint density at radius 3 is 2.80 bits per heavy atom. The second-order valence-electron chi connectivity index (χ2n) is 3.16. The molecule has 15 heavy (non-hydrogen) atoms. The first-order valence-corrected chi connectivity index (χ1v) is 5.13. The zero-order chi connectivity index (χ0) is 10.8. The maximum Gasteiger partial charge on any atom is 0.158 e. The second kappa shape index (κ2) is 8.32. The van der Waals surface area contributed by atoms with Crippen molar-refractivity contribution in [3.8, 4) is 24.2 Å². The van der Waals surface area contributed by atoms with E-state index in [2.05, 4.69) is 17.8 Å². The van der Waals surface area contributed by atoms with Crippen LogP contribution in [0.1, 0.15) is 19.3 Å². The molecule has 3 heteroatoms. The Hall–Kier alpha value is -1.00. The van der Waals surface area contributed by atoms with E-state index >= 15 is 0 Å². The van der Waals surface area contributed by atoms with Crippen LogP contribution < -0.4 is 0 Å². The van der Waals surface area contributed by atoms with E-state index in [4.69, 9.17) is 20.6 Å². The molecular weight excluding hydrogens is 192 g/mol. The van der Waals surface area contributed by atoms with Crippen molar-refractivity contribution in [2.75, 3.05) is 26.4 Å². The van der Waals surface area contributed by atoms with Gasteiger partial charge in [-0.05, 0) is 19.3 Å². The largest absolute Gasteiger partial charge is 0.356 e. The summed E-state index contributed by atoms with van der Waals surface area (Å²) >= 11 is 0.